The Bertz CT molecular complexity index is 984. The summed E-state index contributed by atoms with van der Waals surface area (Å²) in [7, 11) is 3.28. The molecule has 154 valence electrons. The molecular formula is C25H25NO4. The number of carbonyl (C=O) groups is 2. The minimum absolute atomic E-state index is 0.127. The third kappa shape index (κ3) is 5.95. The van der Waals surface area contributed by atoms with E-state index in [1.165, 1.54) is 4.90 Å². The predicted octanol–water partition coefficient (Wildman–Crippen LogP) is 4.11. The van der Waals surface area contributed by atoms with Crippen molar-refractivity contribution in [3.05, 3.63) is 90.0 Å². The van der Waals surface area contributed by atoms with Crippen LogP contribution in [0, 0.1) is 0 Å². The summed E-state index contributed by atoms with van der Waals surface area (Å²) in [6.07, 6.45) is 0.127. The average Bonchev–Trinajstić information content (AvgIpc) is 2.78. The number of amides is 1. The second-order valence-electron chi connectivity index (χ2n) is 7.00. The Morgan fingerprint density at radius 2 is 1.53 bits per heavy atom. The highest BCUT2D eigenvalue weighted by molar-refractivity contribution is 5.81. The van der Waals surface area contributed by atoms with Gasteiger partial charge in [-0.2, -0.15) is 0 Å². The molecule has 1 amide bonds. The molecule has 3 aromatic carbocycles. The van der Waals surface area contributed by atoms with Crippen LogP contribution in [0.1, 0.15) is 11.1 Å². The molecule has 0 spiro atoms. The molecule has 0 aromatic heterocycles. The van der Waals surface area contributed by atoms with E-state index in [-0.39, 0.29) is 18.9 Å². The number of carbonyl (C=O) groups excluding carboxylic acids is 2. The Hall–Kier alpha value is -3.60. The summed E-state index contributed by atoms with van der Waals surface area (Å²) < 4.78 is 10.4. The van der Waals surface area contributed by atoms with Crippen molar-refractivity contribution in [2.24, 2.45) is 0 Å². The number of nitrogens with zero attached hydrogens (tertiary/aromatic N) is 1. The zero-order valence-electron chi connectivity index (χ0n) is 17.2. The maximum absolute atomic E-state index is 12.3. The van der Waals surface area contributed by atoms with E-state index in [1.807, 2.05) is 78.9 Å². The molecule has 0 aliphatic heterocycles. The molecule has 0 heterocycles. The molecule has 0 saturated heterocycles. The van der Waals surface area contributed by atoms with Crippen molar-refractivity contribution in [3.8, 4) is 16.9 Å². The van der Waals surface area contributed by atoms with Gasteiger partial charge in [0, 0.05) is 13.6 Å². The third-order valence-electron chi connectivity index (χ3n) is 4.75. The number of ether oxygens (including phenoxy) is 2. The van der Waals surface area contributed by atoms with Crippen molar-refractivity contribution < 1.29 is 19.1 Å². The standard InChI is InChI=1S/C25H25NO4/c1-26(17-20-7-6-10-23(15-20)29-2)24(27)18-30-25(28)16-19-11-13-22(14-12-19)21-8-4-3-5-9-21/h3-15H,16-18H2,1-2H3. The van der Waals surface area contributed by atoms with Crippen molar-refractivity contribution in [2.75, 3.05) is 20.8 Å². The summed E-state index contributed by atoms with van der Waals surface area (Å²) in [4.78, 5) is 25.9. The first-order chi connectivity index (χ1) is 14.5. The van der Waals surface area contributed by atoms with E-state index in [2.05, 4.69) is 0 Å². The van der Waals surface area contributed by atoms with Crippen molar-refractivity contribution in [3.63, 3.8) is 0 Å². The Morgan fingerprint density at radius 3 is 2.23 bits per heavy atom. The zero-order valence-corrected chi connectivity index (χ0v) is 17.2. The molecule has 0 bridgehead atoms. The number of hydrogen-bond acceptors (Lipinski definition) is 4. The van der Waals surface area contributed by atoms with Gasteiger partial charge in [0.15, 0.2) is 6.61 Å². The number of esters is 1. The summed E-state index contributed by atoms with van der Waals surface area (Å²) in [5.74, 6) is 0.0502. The lowest BCUT2D eigenvalue weighted by molar-refractivity contribution is -0.151. The average molecular weight is 403 g/mol. The smallest absolute Gasteiger partial charge is 0.310 e. The lowest BCUT2D eigenvalue weighted by Crippen LogP contribution is -2.31. The fraction of sp³-hybridized carbons (Fsp3) is 0.200. The van der Waals surface area contributed by atoms with E-state index in [0.29, 0.717) is 6.54 Å². The molecule has 0 aliphatic rings. The van der Waals surface area contributed by atoms with Crippen LogP contribution in [-0.4, -0.2) is 37.5 Å². The molecule has 30 heavy (non-hydrogen) atoms. The first-order valence-corrected chi connectivity index (χ1v) is 9.72. The summed E-state index contributed by atoms with van der Waals surface area (Å²) in [6.45, 7) is 0.135. The van der Waals surface area contributed by atoms with Crippen molar-refractivity contribution >= 4 is 11.9 Å². The maximum atomic E-state index is 12.3. The Morgan fingerprint density at radius 1 is 0.833 bits per heavy atom. The minimum Gasteiger partial charge on any atom is -0.497 e. The molecule has 0 saturated carbocycles. The van der Waals surface area contributed by atoms with E-state index in [9.17, 15) is 9.59 Å². The summed E-state index contributed by atoms with van der Waals surface area (Å²) in [5.41, 5.74) is 3.99. The monoisotopic (exact) mass is 403 g/mol. The number of hydrogen-bond donors (Lipinski definition) is 0. The quantitative estimate of drug-likeness (QED) is 0.531. The lowest BCUT2D eigenvalue weighted by atomic mass is 10.0. The van der Waals surface area contributed by atoms with Crippen LogP contribution in [-0.2, 0) is 27.3 Å². The molecule has 5 heteroatoms. The van der Waals surface area contributed by atoms with Gasteiger partial charge < -0.3 is 14.4 Å². The molecule has 0 atom stereocenters. The van der Waals surface area contributed by atoms with Crippen molar-refractivity contribution in [1.29, 1.82) is 0 Å². The summed E-state index contributed by atoms with van der Waals surface area (Å²) >= 11 is 0. The number of rotatable bonds is 8. The zero-order chi connectivity index (χ0) is 21.3. The molecule has 0 unspecified atom stereocenters. The molecule has 0 radical (unpaired) electrons. The molecule has 3 aromatic rings. The van der Waals surface area contributed by atoms with Gasteiger partial charge in [-0.3, -0.25) is 9.59 Å². The first-order valence-electron chi connectivity index (χ1n) is 9.72. The fourth-order valence-electron chi connectivity index (χ4n) is 3.05. The van der Waals surface area contributed by atoms with Gasteiger partial charge in [0.2, 0.25) is 0 Å². The highest BCUT2D eigenvalue weighted by atomic mass is 16.5. The van der Waals surface area contributed by atoms with Crippen LogP contribution in [0.5, 0.6) is 5.75 Å². The normalized spacial score (nSPS) is 10.3. The number of methoxy groups -OCH3 is 1. The van der Waals surface area contributed by atoms with Crippen LogP contribution in [0.2, 0.25) is 0 Å². The lowest BCUT2D eigenvalue weighted by Gasteiger charge is -2.17. The largest absolute Gasteiger partial charge is 0.497 e. The van der Waals surface area contributed by atoms with Gasteiger partial charge in [0.05, 0.1) is 13.5 Å². The van der Waals surface area contributed by atoms with Crippen LogP contribution < -0.4 is 4.74 Å². The second kappa shape index (κ2) is 10.3. The predicted molar refractivity (Wildman–Crippen MR) is 116 cm³/mol. The van der Waals surface area contributed by atoms with Crippen LogP contribution in [0.3, 0.4) is 0 Å². The SMILES string of the molecule is COc1cccc(CN(C)C(=O)COC(=O)Cc2ccc(-c3ccccc3)cc2)c1. The summed E-state index contributed by atoms with van der Waals surface area (Å²) in [5, 5.41) is 0. The van der Waals surface area contributed by atoms with E-state index in [4.69, 9.17) is 9.47 Å². The van der Waals surface area contributed by atoms with Gasteiger partial charge >= 0.3 is 5.97 Å². The molecular weight excluding hydrogens is 378 g/mol. The molecule has 5 nitrogen and oxygen atoms in total. The topological polar surface area (TPSA) is 55.8 Å². The van der Waals surface area contributed by atoms with Crippen LogP contribution >= 0.6 is 0 Å². The molecule has 0 aliphatic carbocycles. The van der Waals surface area contributed by atoms with Gasteiger partial charge in [-0.15, -0.1) is 0 Å². The Kier molecular flexibility index (Phi) is 7.22. The highest BCUT2D eigenvalue weighted by Gasteiger charge is 2.13. The van der Waals surface area contributed by atoms with E-state index in [1.54, 1.807) is 14.2 Å². The minimum atomic E-state index is -0.425. The molecule has 0 N–H and O–H groups in total. The summed E-state index contributed by atoms with van der Waals surface area (Å²) in [6, 6.07) is 25.3. The maximum Gasteiger partial charge on any atom is 0.310 e. The number of likely N-dealkylation sites (N-methyl/N-ethyl adjacent to an activating group) is 1. The number of benzene rings is 3. The molecule has 3 rings (SSSR count). The van der Waals surface area contributed by atoms with E-state index >= 15 is 0 Å². The van der Waals surface area contributed by atoms with Gasteiger partial charge in [0.1, 0.15) is 5.75 Å². The highest BCUT2D eigenvalue weighted by Crippen LogP contribution is 2.19. The molecule has 0 fully saturated rings. The van der Waals surface area contributed by atoms with E-state index < -0.39 is 5.97 Å². The van der Waals surface area contributed by atoms with Gasteiger partial charge in [-0.05, 0) is 34.4 Å². The first kappa shape index (κ1) is 21.1. The van der Waals surface area contributed by atoms with Crippen LogP contribution in [0.15, 0.2) is 78.9 Å². The van der Waals surface area contributed by atoms with Gasteiger partial charge in [-0.1, -0.05) is 66.7 Å². The van der Waals surface area contributed by atoms with Crippen molar-refractivity contribution in [2.45, 2.75) is 13.0 Å². The Labute approximate surface area is 176 Å². The van der Waals surface area contributed by atoms with Gasteiger partial charge in [0.25, 0.3) is 5.91 Å². The third-order valence-corrected chi connectivity index (χ3v) is 4.75. The van der Waals surface area contributed by atoms with Crippen LogP contribution in [0.4, 0.5) is 0 Å². The fourth-order valence-corrected chi connectivity index (χ4v) is 3.05. The van der Waals surface area contributed by atoms with Crippen LogP contribution in [0.25, 0.3) is 11.1 Å². The second-order valence-corrected chi connectivity index (χ2v) is 7.00. The Balaban J connectivity index is 1.47. The van der Waals surface area contributed by atoms with E-state index in [0.717, 1.165) is 28.0 Å². The van der Waals surface area contributed by atoms with Crippen molar-refractivity contribution in [1.82, 2.24) is 4.90 Å². The van der Waals surface area contributed by atoms with Gasteiger partial charge in [-0.25, -0.2) is 0 Å².